The molecule has 2 heterocycles. The molecule has 4 bridgehead atoms. The van der Waals surface area contributed by atoms with Crippen LogP contribution in [0.5, 0.6) is 11.5 Å². The Morgan fingerprint density at radius 3 is 2.52 bits per heavy atom. The molecule has 230 valence electrons. The number of alkyl halides is 3. The fraction of sp³-hybridized carbons (Fsp3) is 0.559. The maximum Gasteiger partial charge on any atom is 0.586 e. The van der Waals surface area contributed by atoms with E-state index in [1.165, 1.54) is 12.1 Å². The third-order valence-corrected chi connectivity index (χ3v) is 11.4. The highest BCUT2D eigenvalue weighted by Crippen LogP contribution is 2.70. The Morgan fingerprint density at radius 2 is 1.73 bits per heavy atom. The van der Waals surface area contributed by atoms with Crippen molar-refractivity contribution in [2.75, 3.05) is 11.4 Å². The van der Waals surface area contributed by atoms with Crippen LogP contribution in [0, 0.1) is 17.3 Å². The second-order valence-corrected chi connectivity index (χ2v) is 14.4. The van der Waals surface area contributed by atoms with E-state index in [9.17, 15) is 18.0 Å². The minimum absolute atomic E-state index is 0.00173. The minimum atomic E-state index is -3.69. The lowest BCUT2D eigenvalue weighted by molar-refractivity contribution is -0.286. The number of benzene rings is 2. The van der Waals surface area contributed by atoms with Crippen LogP contribution >= 0.6 is 0 Å². The lowest BCUT2D eigenvalue weighted by Gasteiger charge is -2.65. The number of rotatable bonds is 7. The highest BCUT2D eigenvalue weighted by atomic mass is 19.3. The molecule has 2 aromatic carbocycles. The van der Waals surface area contributed by atoms with Crippen molar-refractivity contribution in [3.63, 3.8) is 0 Å². The molecular formula is C34H34F3N3O4. The zero-order valence-corrected chi connectivity index (χ0v) is 24.4. The Kier molecular flexibility index (Phi) is 5.49. The molecule has 3 atom stereocenters. The van der Waals surface area contributed by atoms with Crippen molar-refractivity contribution in [3.8, 4) is 22.6 Å². The normalized spacial score (nSPS) is 34.2. The third kappa shape index (κ3) is 4.19. The van der Waals surface area contributed by atoms with Gasteiger partial charge in [0.05, 0.1) is 5.41 Å². The molecule has 6 fully saturated rings. The predicted molar refractivity (Wildman–Crippen MR) is 153 cm³/mol. The first-order valence-electron chi connectivity index (χ1n) is 16.0. The molecule has 3 aromatic rings. The predicted octanol–water partition coefficient (Wildman–Crippen LogP) is 7.70. The van der Waals surface area contributed by atoms with Crippen molar-refractivity contribution < 1.29 is 32.0 Å². The number of hydrogen-bond acceptors (Lipinski definition) is 6. The second-order valence-electron chi connectivity index (χ2n) is 14.4. The Bertz CT molecular complexity index is 1650. The van der Waals surface area contributed by atoms with Crippen LogP contribution in [0.2, 0.25) is 0 Å². The van der Waals surface area contributed by atoms with Gasteiger partial charge in [0.1, 0.15) is 5.67 Å². The fourth-order valence-electron chi connectivity index (χ4n) is 8.93. The summed E-state index contributed by atoms with van der Waals surface area (Å²) in [5.74, 6) is 2.78. The summed E-state index contributed by atoms with van der Waals surface area (Å²) >= 11 is 0. The SMILES string of the molecule is O=C(N(CC1CCC2(c3nc(C4CC4)no3)CCCC1C2)c1cccc(-c2ccc3c(c2)OC(F)(F)O3)c1)C12CC(F)(C1)C2. The molecule has 6 aliphatic carbocycles. The van der Waals surface area contributed by atoms with E-state index in [0.29, 0.717) is 49.1 Å². The van der Waals surface area contributed by atoms with Crippen molar-refractivity contribution in [1.82, 2.24) is 10.1 Å². The number of carbonyl (C=O) groups is 1. The number of fused-ring (bicyclic) bond motifs is 3. The first-order chi connectivity index (χ1) is 21.1. The second kappa shape index (κ2) is 9.01. The van der Waals surface area contributed by atoms with Crippen LogP contribution in [0.15, 0.2) is 47.0 Å². The number of halogens is 3. The molecule has 0 radical (unpaired) electrons. The molecule has 1 aromatic heterocycles. The lowest BCUT2D eigenvalue weighted by atomic mass is 9.42. The first-order valence-corrected chi connectivity index (χ1v) is 16.0. The molecule has 10 rings (SSSR count). The van der Waals surface area contributed by atoms with Crippen LogP contribution in [-0.4, -0.2) is 34.6 Å². The zero-order valence-electron chi connectivity index (χ0n) is 24.4. The number of amides is 1. The largest absolute Gasteiger partial charge is 0.586 e. The number of ether oxygens (including phenoxy) is 2. The molecule has 0 spiro atoms. The molecule has 10 heteroatoms. The summed E-state index contributed by atoms with van der Waals surface area (Å²) in [4.78, 5) is 21.0. The average Bonchev–Trinajstić information content (AvgIpc) is 3.60. The summed E-state index contributed by atoms with van der Waals surface area (Å²) in [6, 6.07) is 12.3. The summed E-state index contributed by atoms with van der Waals surface area (Å²) in [6.45, 7) is 0.564. The van der Waals surface area contributed by atoms with Crippen molar-refractivity contribution in [2.45, 2.75) is 93.9 Å². The summed E-state index contributed by atoms with van der Waals surface area (Å²) in [6.07, 6.45) is 5.58. The van der Waals surface area contributed by atoms with E-state index in [0.717, 1.165) is 74.3 Å². The van der Waals surface area contributed by atoms with Crippen LogP contribution < -0.4 is 14.4 Å². The van der Waals surface area contributed by atoms with Gasteiger partial charge in [0, 0.05) is 23.6 Å². The van der Waals surface area contributed by atoms with Gasteiger partial charge in [0.2, 0.25) is 11.8 Å². The van der Waals surface area contributed by atoms with Crippen molar-refractivity contribution in [2.24, 2.45) is 17.3 Å². The molecule has 1 amide bonds. The number of anilines is 1. The van der Waals surface area contributed by atoms with Gasteiger partial charge >= 0.3 is 6.29 Å². The fourth-order valence-corrected chi connectivity index (χ4v) is 8.93. The van der Waals surface area contributed by atoms with Crippen molar-refractivity contribution in [1.29, 1.82) is 0 Å². The van der Waals surface area contributed by atoms with Crippen LogP contribution in [0.25, 0.3) is 11.1 Å². The quantitative estimate of drug-likeness (QED) is 0.275. The minimum Gasteiger partial charge on any atom is -0.395 e. The molecule has 6 saturated carbocycles. The van der Waals surface area contributed by atoms with Gasteiger partial charge in [0.25, 0.3) is 0 Å². The van der Waals surface area contributed by atoms with Crippen LogP contribution in [0.3, 0.4) is 0 Å². The summed E-state index contributed by atoms with van der Waals surface area (Å²) in [5, 5.41) is 4.32. The highest BCUT2D eigenvalue weighted by Gasteiger charge is 2.73. The third-order valence-electron chi connectivity index (χ3n) is 11.4. The van der Waals surface area contributed by atoms with Crippen LogP contribution in [0.4, 0.5) is 18.9 Å². The zero-order chi connectivity index (χ0) is 29.9. The maximum atomic E-state index is 14.6. The number of hydrogen-bond donors (Lipinski definition) is 0. The Balaban J connectivity index is 0.999. The van der Waals surface area contributed by atoms with Gasteiger partial charge in [-0.25, -0.2) is 4.39 Å². The first kappa shape index (κ1) is 26.8. The molecular weight excluding hydrogens is 571 g/mol. The molecule has 44 heavy (non-hydrogen) atoms. The van der Waals surface area contributed by atoms with Crippen LogP contribution in [0.1, 0.15) is 88.3 Å². The number of nitrogens with zero attached hydrogens (tertiary/aromatic N) is 3. The van der Waals surface area contributed by atoms with E-state index in [2.05, 4.69) is 14.6 Å². The molecule has 1 aliphatic heterocycles. The maximum absolute atomic E-state index is 14.6. The van der Waals surface area contributed by atoms with E-state index in [1.54, 1.807) is 6.07 Å². The topological polar surface area (TPSA) is 77.7 Å². The van der Waals surface area contributed by atoms with Gasteiger partial charge in [-0.3, -0.25) is 4.79 Å². The molecule has 0 N–H and O–H groups in total. The van der Waals surface area contributed by atoms with E-state index in [1.807, 2.05) is 29.2 Å². The van der Waals surface area contributed by atoms with E-state index in [4.69, 9.17) is 9.51 Å². The van der Waals surface area contributed by atoms with Gasteiger partial charge < -0.3 is 18.9 Å². The number of carbonyl (C=O) groups excluding carboxylic acids is 1. The Hall–Kier alpha value is -3.56. The van der Waals surface area contributed by atoms with E-state index < -0.39 is 17.4 Å². The molecule has 7 nitrogen and oxygen atoms in total. The van der Waals surface area contributed by atoms with Crippen molar-refractivity contribution >= 4 is 11.6 Å². The van der Waals surface area contributed by atoms with Crippen LogP contribution in [-0.2, 0) is 10.2 Å². The van der Waals surface area contributed by atoms with Gasteiger partial charge in [-0.1, -0.05) is 36.2 Å². The lowest BCUT2D eigenvalue weighted by Crippen LogP contribution is -2.70. The summed E-state index contributed by atoms with van der Waals surface area (Å²) < 4.78 is 57.0. The smallest absolute Gasteiger partial charge is 0.395 e. The van der Waals surface area contributed by atoms with Crippen molar-refractivity contribution in [3.05, 3.63) is 54.2 Å². The standard InChI is InChI=1S/C34H34F3N3O4/c35-33-17-32(18-33,19-33)30(41)40(25-5-1-3-21(13-25)22-8-9-26-27(14-22)43-34(36,37)42-26)16-24-10-12-31(11-2-4-23(24)15-31)29-38-28(39-44-29)20-6-7-20/h1,3,5,8-9,13-14,20,23-24H,2,4,6-7,10-12,15-19H2. The average molecular weight is 606 g/mol. The summed E-state index contributed by atoms with van der Waals surface area (Å²) in [5.41, 5.74) is 0.292. The van der Waals surface area contributed by atoms with E-state index >= 15 is 0 Å². The molecule has 3 unspecified atom stereocenters. The number of aromatic nitrogens is 2. The monoisotopic (exact) mass is 605 g/mol. The molecule has 7 aliphatic rings. The molecule has 0 saturated heterocycles. The van der Waals surface area contributed by atoms with Gasteiger partial charge in [-0.2, -0.15) is 4.98 Å². The Morgan fingerprint density at radius 1 is 0.932 bits per heavy atom. The van der Waals surface area contributed by atoms with Gasteiger partial charge in [-0.15, -0.1) is 8.78 Å². The summed E-state index contributed by atoms with van der Waals surface area (Å²) in [7, 11) is 0. The van der Waals surface area contributed by atoms with Gasteiger partial charge in [-0.05, 0) is 105 Å². The Labute approximate surface area is 253 Å². The van der Waals surface area contributed by atoms with E-state index in [-0.39, 0.29) is 22.8 Å². The highest BCUT2D eigenvalue weighted by molar-refractivity contribution is 6.00. The van der Waals surface area contributed by atoms with Gasteiger partial charge in [0.15, 0.2) is 17.3 Å².